The van der Waals surface area contributed by atoms with Crippen molar-refractivity contribution in [1.82, 2.24) is 0 Å². The van der Waals surface area contributed by atoms with Gasteiger partial charge < -0.3 is 14.6 Å². The van der Waals surface area contributed by atoms with Crippen molar-refractivity contribution in [2.75, 3.05) is 13.2 Å². The molecule has 0 amide bonds. The molecule has 1 rings (SSSR count). The van der Waals surface area contributed by atoms with E-state index in [1.807, 2.05) is 0 Å². The Labute approximate surface area is 122 Å². The smallest absolute Gasteiger partial charge is 0.305 e. The number of aliphatic hydroxyl groups is 1. The van der Waals surface area contributed by atoms with Crippen molar-refractivity contribution in [2.24, 2.45) is 0 Å². The third kappa shape index (κ3) is 7.85. The van der Waals surface area contributed by atoms with Crippen molar-refractivity contribution >= 4 is 5.97 Å². The van der Waals surface area contributed by atoms with Gasteiger partial charge in [-0.3, -0.25) is 4.79 Å². The maximum atomic E-state index is 11.6. The van der Waals surface area contributed by atoms with Crippen molar-refractivity contribution in [3.63, 3.8) is 0 Å². The first-order valence-corrected chi connectivity index (χ1v) is 8.18. The van der Waals surface area contributed by atoms with Crippen LogP contribution in [0.4, 0.5) is 0 Å². The number of hydrogen-bond donors (Lipinski definition) is 1. The van der Waals surface area contributed by atoms with E-state index in [0.717, 1.165) is 25.7 Å². The molecule has 20 heavy (non-hydrogen) atoms. The fourth-order valence-electron chi connectivity index (χ4n) is 2.52. The molecular formula is C16H30O4. The predicted molar refractivity (Wildman–Crippen MR) is 78.5 cm³/mol. The van der Waals surface area contributed by atoms with Gasteiger partial charge in [0.15, 0.2) is 0 Å². The third-order valence-electron chi connectivity index (χ3n) is 3.81. The highest BCUT2D eigenvalue weighted by molar-refractivity contribution is 5.69. The van der Waals surface area contributed by atoms with Gasteiger partial charge in [0.1, 0.15) is 6.61 Å². The minimum atomic E-state index is -0.116. The normalized spacial score (nSPS) is 22.1. The molecule has 1 fully saturated rings. The average molecular weight is 286 g/mol. The van der Waals surface area contributed by atoms with Crippen LogP contribution in [0.5, 0.6) is 0 Å². The molecule has 1 aliphatic rings. The van der Waals surface area contributed by atoms with Crippen molar-refractivity contribution in [3.8, 4) is 0 Å². The summed E-state index contributed by atoms with van der Waals surface area (Å²) >= 11 is 0. The van der Waals surface area contributed by atoms with Gasteiger partial charge in [0.2, 0.25) is 0 Å². The second-order valence-corrected chi connectivity index (χ2v) is 5.69. The van der Waals surface area contributed by atoms with Crippen LogP contribution in [0.3, 0.4) is 0 Å². The van der Waals surface area contributed by atoms with Gasteiger partial charge in [-0.05, 0) is 19.3 Å². The van der Waals surface area contributed by atoms with E-state index in [0.29, 0.717) is 13.0 Å². The van der Waals surface area contributed by atoms with Gasteiger partial charge in [0, 0.05) is 6.42 Å². The Balaban J connectivity index is 1.90. The minimum Gasteiger partial charge on any atom is -0.463 e. The molecule has 1 N–H and O–H groups in total. The fourth-order valence-corrected chi connectivity index (χ4v) is 2.52. The summed E-state index contributed by atoms with van der Waals surface area (Å²) in [6.07, 6.45) is 10.6. The molecular weight excluding hydrogens is 256 g/mol. The number of ether oxygens (including phenoxy) is 2. The number of aliphatic hydroxyl groups excluding tert-OH is 1. The van der Waals surface area contributed by atoms with Crippen LogP contribution in [0.1, 0.15) is 71.1 Å². The van der Waals surface area contributed by atoms with E-state index >= 15 is 0 Å². The van der Waals surface area contributed by atoms with Gasteiger partial charge in [0.05, 0.1) is 18.8 Å². The summed E-state index contributed by atoms with van der Waals surface area (Å²) < 4.78 is 10.7. The van der Waals surface area contributed by atoms with Gasteiger partial charge in [-0.15, -0.1) is 0 Å². The molecule has 118 valence electrons. The summed E-state index contributed by atoms with van der Waals surface area (Å²) in [6, 6.07) is 0. The van der Waals surface area contributed by atoms with Crippen LogP contribution in [0.25, 0.3) is 0 Å². The van der Waals surface area contributed by atoms with Crippen LogP contribution in [0.15, 0.2) is 0 Å². The van der Waals surface area contributed by atoms with Crippen LogP contribution in [0.2, 0.25) is 0 Å². The number of carbonyl (C=O) groups excluding carboxylic acids is 1. The van der Waals surface area contributed by atoms with Crippen molar-refractivity contribution in [3.05, 3.63) is 0 Å². The van der Waals surface area contributed by atoms with Crippen molar-refractivity contribution in [2.45, 2.75) is 83.3 Å². The molecule has 0 aromatic heterocycles. The third-order valence-corrected chi connectivity index (χ3v) is 3.81. The second-order valence-electron chi connectivity index (χ2n) is 5.69. The maximum absolute atomic E-state index is 11.6. The van der Waals surface area contributed by atoms with Gasteiger partial charge in [-0.2, -0.15) is 0 Å². The zero-order valence-electron chi connectivity index (χ0n) is 12.8. The second kappa shape index (κ2) is 11.1. The highest BCUT2D eigenvalue weighted by Crippen LogP contribution is 2.19. The van der Waals surface area contributed by atoms with E-state index in [4.69, 9.17) is 14.6 Å². The molecule has 2 unspecified atom stereocenters. The summed E-state index contributed by atoms with van der Waals surface area (Å²) in [5, 5.41) is 8.95. The Bertz CT molecular complexity index is 255. The minimum absolute atomic E-state index is 0.0230. The number of carbonyl (C=O) groups is 1. The predicted octanol–water partition coefficient (Wildman–Crippen LogP) is 3.21. The lowest BCUT2D eigenvalue weighted by molar-refractivity contribution is -0.148. The zero-order valence-corrected chi connectivity index (χ0v) is 12.8. The molecule has 0 radical (unpaired) electrons. The van der Waals surface area contributed by atoms with E-state index in [2.05, 4.69) is 6.92 Å². The van der Waals surface area contributed by atoms with E-state index in [1.165, 1.54) is 32.1 Å². The maximum Gasteiger partial charge on any atom is 0.305 e. The highest BCUT2D eigenvalue weighted by atomic mass is 16.6. The number of rotatable bonds is 11. The molecule has 1 saturated heterocycles. The van der Waals surface area contributed by atoms with Crippen LogP contribution in [0, 0.1) is 0 Å². The van der Waals surface area contributed by atoms with Crippen molar-refractivity contribution < 1.29 is 19.4 Å². The quantitative estimate of drug-likeness (QED) is 0.468. The highest BCUT2D eigenvalue weighted by Gasteiger charge is 2.25. The lowest BCUT2D eigenvalue weighted by Gasteiger charge is -2.12. The summed E-state index contributed by atoms with van der Waals surface area (Å²) in [5.74, 6) is -0.116. The molecule has 4 nitrogen and oxygen atoms in total. The van der Waals surface area contributed by atoms with Gasteiger partial charge in [0.25, 0.3) is 0 Å². The summed E-state index contributed by atoms with van der Waals surface area (Å²) in [5.41, 5.74) is 0. The molecule has 0 aromatic rings. The summed E-state index contributed by atoms with van der Waals surface area (Å²) in [6.45, 7) is 2.61. The first-order chi connectivity index (χ1) is 9.76. The van der Waals surface area contributed by atoms with E-state index in [-0.39, 0.29) is 24.8 Å². The molecule has 2 atom stereocenters. The number of hydrogen-bond acceptors (Lipinski definition) is 4. The van der Waals surface area contributed by atoms with Crippen LogP contribution < -0.4 is 0 Å². The Kier molecular flexibility index (Phi) is 9.67. The Hall–Kier alpha value is -0.610. The van der Waals surface area contributed by atoms with E-state index < -0.39 is 0 Å². The Morgan fingerprint density at radius 3 is 2.40 bits per heavy atom. The first-order valence-electron chi connectivity index (χ1n) is 8.18. The van der Waals surface area contributed by atoms with Crippen LogP contribution >= 0.6 is 0 Å². The molecule has 0 saturated carbocycles. The molecule has 1 heterocycles. The molecule has 0 aliphatic carbocycles. The topological polar surface area (TPSA) is 55.8 Å². The van der Waals surface area contributed by atoms with Crippen LogP contribution in [-0.4, -0.2) is 36.5 Å². The Morgan fingerprint density at radius 2 is 1.75 bits per heavy atom. The monoisotopic (exact) mass is 286 g/mol. The molecule has 1 aliphatic heterocycles. The summed E-state index contributed by atoms with van der Waals surface area (Å²) in [7, 11) is 0. The lowest BCUT2D eigenvalue weighted by Crippen LogP contribution is -2.20. The Morgan fingerprint density at radius 1 is 1.10 bits per heavy atom. The number of esters is 1. The van der Waals surface area contributed by atoms with Gasteiger partial charge >= 0.3 is 5.97 Å². The van der Waals surface area contributed by atoms with Gasteiger partial charge in [-0.1, -0.05) is 45.4 Å². The standard InChI is InChI=1S/C16H30O4/c1-2-3-4-5-6-7-8-9-16(18)19-13-15-11-10-14(12-17)20-15/h14-15,17H,2-13H2,1H3. The lowest BCUT2D eigenvalue weighted by atomic mass is 10.1. The zero-order chi connectivity index (χ0) is 14.6. The molecule has 0 spiro atoms. The molecule has 4 heteroatoms. The van der Waals surface area contributed by atoms with E-state index in [9.17, 15) is 4.79 Å². The average Bonchev–Trinajstić information content (AvgIpc) is 2.92. The van der Waals surface area contributed by atoms with E-state index in [1.54, 1.807) is 0 Å². The van der Waals surface area contributed by atoms with Crippen LogP contribution in [-0.2, 0) is 14.3 Å². The van der Waals surface area contributed by atoms with Gasteiger partial charge in [-0.25, -0.2) is 0 Å². The fraction of sp³-hybridized carbons (Fsp3) is 0.938. The first kappa shape index (κ1) is 17.4. The molecule has 0 aromatic carbocycles. The largest absolute Gasteiger partial charge is 0.463 e. The SMILES string of the molecule is CCCCCCCCCC(=O)OCC1CCC(CO)O1. The van der Waals surface area contributed by atoms with Crippen molar-refractivity contribution in [1.29, 1.82) is 0 Å². The summed E-state index contributed by atoms with van der Waals surface area (Å²) in [4.78, 5) is 11.6. The number of unbranched alkanes of at least 4 members (excludes halogenated alkanes) is 6. The molecule has 0 bridgehead atoms.